The Morgan fingerprint density at radius 3 is 2.42 bits per heavy atom. The Morgan fingerprint density at radius 1 is 1.08 bits per heavy atom. The van der Waals surface area contributed by atoms with Crippen LogP contribution in [0.4, 0.5) is 4.39 Å². The molecular formula is C19H23FN2O3S. The van der Waals surface area contributed by atoms with Crippen molar-refractivity contribution in [3.63, 3.8) is 0 Å². The van der Waals surface area contributed by atoms with Crippen LogP contribution >= 0.6 is 0 Å². The minimum atomic E-state index is -3.60. The monoisotopic (exact) mass is 378 g/mol. The first-order valence-corrected chi connectivity index (χ1v) is 9.96. The summed E-state index contributed by atoms with van der Waals surface area (Å²) in [5.74, 6) is 0.410. The Hall–Kier alpha value is -1.96. The van der Waals surface area contributed by atoms with Gasteiger partial charge in [0.15, 0.2) is 0 Å². The molecule has 0 radical (unpaired) electrons. The number of piperazine rings is 1. The van der Waals surface area contributed by atoms with Gasteiger partial charge < -0.3 is 4.74 Å². The number of nitrogens with zero attached hydrogens (tertiary/aromatic N) is 2. The number of aryl methyl sites for hydroxylation is 1. The van der Waals surface area contributed by atoms with E-state index in [0.717, 1.165) is 11.3 Å². The molecule has 0 N–H and O–H groups in total. The summed E-state index contributed by atoms with van der Waals surface area (Å²) in [6, 6.07) is 11.6. The van der Waals surface area contributed by atoms with E-state index in [4.69, 9.17) is 4.74 Å². The highest BCUT2D eigenvalue weighted by Gasteiger charge is 2.29. The van der Waals surface area contributed by atoms with E-state index in [1.807, 2.05) is 24.3 Å². The first-order valence-electron chi connectivity index (χ1n) is 8.52. The molecule has 0 saturated carbocycles. The molecule has 1 heterocycles. The van der Waals surface area contributed by atoms with Crippen molar-refractivity contribution in [1.82, 2.24) is 9.21 Å². The van der Waals surface area contributed by atoms with Crippen LogP contribution in [-0.2, 0) is 16.6 Å². The molecule has 0 unspecified atom stereocenters. The van der Waals surface area contributed by atoms with Crippen molar-refractivity contribution < 1.29 is 17.5 Å². The molecular weight excluding hydrogens is 355 g/mol. The molecule has 3 rings (SSSR count). The van der Waals surface area contributed by atoms with Crippen LogP contribution in [0.2, 0.25) is 0 Å². The Morgan fingerprint density at radius 2 is 1.77 bits per heavy atom. The molecule has 0 aliphatic carbocycles. The molecule has 1 fully saturated rings. The van der Waals surface area contributed by atoms with Gasteiger partial charge in [-0.2, -0.15) is 4.31 Å². The quantitative estimate of drug-likeness (QED) is 0.803. The normalized spacial score (nSPS) is 16.6. The standard InChI is InChI=1S/C19H23FN2O3S/c1-15-13-17(20)7-8-19(15)26(23,24)22-11-9-21(10-12-22)14-16-5-3-4-6-18(16)25-2/h3-8,13H,9-12,14H2,1-2H3. The highest BCUT2D eigenvalue weighted by Crippen LogP contribution is 2.24. The van der Waals surface area contributed by atoms with Crippen molar-refractivity contribution >= 4 is 10.0 Å². The van der Waals surface area contributed by atoms with Crippen molar-refractivity contribution in [2.24, 2.45) is 0 Å². The van der Waals surface area contributed by atoms with E-state index in [2.05, 4.69) is 4.90 Å². The Balaban J connectivity index is 1.68. The van der Waals surface area contributed by atoms with Crippen molar-refractivity contribution in [1.29, 1.82) is 0 Å². The third-order valence-electron chi connectivity index (χ3n) is 4.67. The van der Waals surface area contributed by atoms with Crippen LogP contribution in [0, 0.1) is 12.7 Å². The Labute approximate surface area is 154 Å². The maximum Gasteiger partial charge on any atom is 0.243 e. The van der Waals surface area contributed by atoms with E-state index in [-0.39, 0.29) is 4.90 Å². The minimum Gasteiger partial charge on any atom is -0.496 e. The molecule has 1 aliphatic rings. The van der Waals surface area contributed by atoms with Crippen molar-refractivity contribution in [3.8, 4) is 5.75 Å². The highest BCUT2D eigenvalue weighted by atomic mass is 32.2. The Kier molecular flexibility index (Phi) is 5.60. The van der Waals surface area contributed by atoms with E-state index >= 15 is 0 Å². The van der Waals surface area contributed by atoms with Crippen LogP contribution in [0.3, 0.4) is 0 Å². The van der Waals surface area contributed by atoms with Crippen LogP contribution in [0.25, 0.3) is 0 Å². The van der Waals surface area contributed by atoms with E-state index in [9.17, 15) is 12.8 Å². The maximum absolute atomic E-state index is 13.3. The Bertz CT molecular complexity index is 878. The third-order valence-corrected chi connectivity index (χ3v) is 6.73. The van der Waals surface area contributed by atoms with Gasteiger partial charge in [-0.1, -0.05) is 18.2 Å². The molecule has 2 aromatic rings. The number of sulfonamides is 1. The van der Waals surface area contributed by atoms with Gasteiger partial charge >= 0.3 is 0 Å². The summed E-state index contributed by atoms with van der Waals surface area (Å²) in [6.45, 7) is 4.43. The number of hydrogen-bond donors (Lipinski definition) is 0. The number of benzene rings is 2. The molecule has 26 heavy (non-hydrogen) atoms. The van der Waals surface area contributed by atoms with Crippen LogP contribution in [0.15, 0.2) is 47.4 Å². The predicted molar refractivity (Wildman–Crippen MR) is 98.2 cm³/mol. The molecule has 0 amide bonds. The smallest absolute Gasteiger partial charge is 0.243 e. The zero-order valence-corrected chi connectivity index (χ0v) is 15.8. The fraction of sp³-hybridized carbons (Fsp3) is 0.368. The molecule has 5 nitrogen and oxygen atoms in total. The second kappa shape index (κ2) is 7.73. The van der Waals surface area contributed by atoms with E-state index in [0.29, 0.717) is 38.3 Å². The van der Waals surface area contributed by atoms with Crippen molar-refractivity contribution in [2.75, 3.05) is 33.3 Å². The number of para-hydroxylation sites is 1. The fourth-order valence-electron chi connectivity index (χ4n) is 3.24. The van der Waals surface area contributed by atoms with Gasteiger partial charge in [0.05, 0.1) is 12.0 Å². The lowest BCUT2D eigenvalue weighted by Crippen LogP contribution is -2.48. The summed E-state index contributed by atoms with van der Waals surface area (Å²) < 4.78 is 45.8. The summed E-state index contributed by atoms with van der Waals surface area (Å²) in [5, 5.41) is 0. The molecule has 0 atom stereocenters. The van der Waals surface area contributed by atoms with Gasteiger partial charge in [0.2, 0.25) is 10.0 Å². The molecule has 2 aromatic carbocycles. The van der Waals surface area contributed by atoms with Gasteiger partial charge in [-0.25, -0.2) is 12.8 Å². The number of ether oxygens (including phenoxy) is 1. The lowest BCUT2D eigenvalue weighted by Gasteiger charge is -2.34. The molecule has 0 spiro atoms. The molecule has 140 valence electrons. The lowest BCUT2D eigenvalue weighted by molar-refractivity contribution is 0.180. The number of rotatable bonds is 5. The summed E-state index contributed by atoms with van der Waals surface area (Å²) in [7, 11) is -1.96. The predicted octanol–water partition coefficient (Wildman–Crippen LogP) is 2.65. The number of hydrogen-bond acceptors (Lipinski definition) is 4. The average molecular weight is 378 g/mol. The first kappa shape index (κ1) is 18.8. The van der Waals surface area contributed by atoms with Gasteiger partial charge in [-0.05, 0) is 36.8 Å². The fourth-order valence-corrected chi connectivity index (χ4v) is 4.87. The number of methoxy groups -OCH3 is 1. The van der Waals surface area contributed by atoms with Crippen LogP contribution in [0.1, 0.15) is 11.1 Å². The lowest BCUT2D eigenvalue weighted by atomic mass is 10.2. The summed E-state index contributed by atoms with van der Waals surface area (Å²) >= 11 is 0. The van der Waals surface area contributed by atoms with Gasteiger partial charge in [0, 0.05) is 38.3 Å². The molecule has 1 aliphatic heterocycles. The first-order chi connectivity index (χ1) is 12.4. The SMILES string of the molecule is COc1ccccc1CN1CCN(S(=O)(=O)c2ccc(F)cc2C)CC1. The second-order valence-electron chi connectivity index (χ2n) is 6.40. The molecule has 7 heteroatoms. The highest BCUT2D eigenvalue weighted by molar-refractivity contribution is 7.89. The zero-order valence-electron chi connectivity index (χ0n) is 15.0. The van der Waals surface area contributed by atoms with E-state index in [1.165, 1.54) is 22.5 Å². The van der Waals surface area contributed by atoms with Gasteiger partial charge in [0.25, 0.3) is 0 Å². The number of halogens is 1. The van der Waals surface area contributed by atoms with Crippen molar-refractivity contribution in [2.45, 2.75) is 18.4 Å². The van der Waals surface area contributed by atoms with E-state index in [1.54, 1.807) is 14.0 Å². The molecule has 0 aromatic heterocycles. The van der Waals surface area contributed by atoms with E-state index < -0.39 is 15.8 Å². The maximum atomic E-state index is 13.3. The van der Waals surface area contributed by atoms with Gasteiger partial charge in [-0.3, -0.25) is 4.90 Å². The zero-order chi connectivity index (χ0) is 18.7. The second-order valence-corrected chi connectivity index (χ2v) is 8.31. The summed E-state index contributed by atoms with van der Waals surface area (Å²) in [6.07, 6.45) is 0. The van der Waals surface area contributed by atoms with Crippen molar-refractivity contribution in [3.05, 3.63) is 59.4 Å². The van der Waals surface area contributed by atoms with Gasteiger partial charge in [0.1, 0.15) is 11.6 Å². The summed E-state index contributed by atoms with van der Waals surface area (Å²) in [5.41, 5.74) is 1.52. The third kappa shape index (κ3) is 3.90. The van der Waals surface area contributed by atoms with Crippen LogP contribution < -0.4 is 4.74 Å². The minimum absolute atomic E-state index is 0.178. The largest absolute Gasteiger partial charge is 0.496 e. The molecule has 1 saturated heterocycles. The van der Waals surface area contributed by atoms with Crippen LogP contribution in [-0.4, -0.2) is 50.9 Å². The topological polar surface area (TPSA) is 49.9 Å². The molecule has 0 bridgehead atoms. The summed E-state index contributed by atoms with van der Waals surface area (Å²) in [4.78, 5) is 2.39. The van der Waals surface area contributed by atoms with Gasteiger partial charge in [-0.15, -0.1) is 0 Å². The average Bonchev–Trinajstić information content (AvgIpc) is 2.62. The van der Waals surface area contributed by atoms with Crippen LogP contribution in [0.5, 0.6) is 5.75 Å².